The van der Waals surface area contributed by atoms with Gasteiger partial charge in [-0.25, -0.2) is 17.5 Å². The predicted molar refractivity (Wildman–Crippen MR) is 79.4 cm³/mol. The molecule has 2 aliphatic rings. The van der Waals surface area contributed by atoms with Crippen LogP contribution in [-0.2, 0) is 10.0 Å². The number of aliphatic hydroxyl groups is 1. The molecule has 0 unspecified atom stereocenters. The number of nitrogens with one attached hydrogen (secondary N) is 2. The molecule has 2 amide bonds. The van der Waals surface area contributed by atoms with E-state index in [2.05, 4.69) is 10.6 Å². The van der Waals surface area contributed by atoms with Crippen molar-refractivity contribution >= 4 is 16.1 Å². The Morgan fingerprint density at radius 2 is 1.48 bits per heavy atom. The summed E-state index contributed by atoms with van der Waals surface area (Å²) in [4.78, 5) is 11.9. The van der Waals surface area contributed by atoms with E-state index in [9.17, 15) is 18.3 Å². The number of hydrogen-bond acceptors (Lipinski definition) is 4. The summed E-state index contributed by atoms with van der Waals surface area (Å²) in [6.07, 6.45) is 5.35. The highest BCUT2D eigenvalue weighted by Crippen LogP contribution is 2.18. The molecule has 0 radical (unpaired) electrons. The molecule has 0 aromatic heterocycles. The first-order chi connectivity index (χ1) is 9.84. The van der Waals surface area contributed by atoms with Crippen LogP contribution in [0.25, 0.3) is 0 Å². The van der Waals surface area contributed by atoms with Crippen LogP contribution in [0.4, 0.5) is 4.79 Å². The highest BCUT2D eigenvalue weighted by atomic mass is 32.2. The third-order valence-corrected chi connectivity index (χ3v) is 5.59. The lowest BCUT2D eigenvalue weighted by Gasteiger charge is -2.32. The lowest BCUT2D eigenvalue weighted by Crippen LogP contribution is -2.51. The zero-order valence-electron chi connectivity index (χ0n) is 12.4. The Morgan fingerprint density at radius 3 is 1.95 bits per heavy atom. The van der Waals surface area contributed by atoms with Gasteiger partial charge < -0.3 is 15.7 Å². The third kappa shape index (κ3) is 5.12. The molecule has 0 atom stereocenters. The molecule has 21 heavy (non-hydrogen) atoms. The fraction of sp³-hybridized carbons (Fsp3) is 0.923. The van der Waals surface area contributed by atoms with Gasteiger partial charge in [-0.05, 0) is 38.5 Å². The summed E-state index contributed by atoms with van der Waals surface area (Å²) < 4.78 is 24.3. The lowest BCUT2D eigenvalue weighted by atomic mass is 9.93. The van der Waals surface area contributed by atoms with Crippen LogP contribution in [0.15, 0.2) is 0 Å². The quantitative estimate of drug-likeness (QED) is 0.682. The monoisotopic (exact) mass is 319 g/mol. The standard InChI is InChI=1S/C13H25N3O4S/c1-21(19,20)16-8-6-11(7-9-16)15-13(18)14-10-2-4-12(17)5-3-10/h10-12,17H,2-9H2,1H3,(H2,14,15,18). The largest absolute Gasteiger partial charge is 0.393 e. The van der Waals surface area contributed by atoms with Gasteiger partial charge in [-0.3, -0.25) is 0 Å². The number of carbonyl (C=O) groups excluding carboxylic acids is 1. The van der Waals surface area contributed by atoms with Crippen molar-refractivity contribution in [3.05, 3.63) is 0 Å². The number of nitrogens with zero attached hydrogens (tertiary/aromatic N) is 1. The molecular weight excluding hydrogens is 294 g/mol. The number of urea groups is 1. The minimum absolute atomic E-state index is 0.0252. The SMILES string of the molecule is CS(=O)(=O)N1CCC(NC(=O)NC2CCC(O)CC2)CC1. The molecule has 8 heteroatoms. The highest BCUT2D eigenvalue weighted by Gasteiger charge is 2.26. The predicted octanol–water partition coefficient (Wildman–Crippen LogP) is 0.0131. The van der Waals surface area contributed by atoms with E-state index in [4.69, 9.17) is 0 Å². The Morgan fingerprint density at radius 1 is 1.00 bits per heavy atom. The summed E-state index contributed by atoms with van der Waals surface area (Å²) >= 11 is 0. The van der Waals surface area contributed by atoms with Gasteiger partial charge in [0.15, 0.2) is 0 Å². The Hall–Kier alpha value is -0.860. The molecule has 122 valence electrons. The number of rotatable bonds is 3. The fourth-order valence-corrected chi connectivity index (χ4v) is 3.84. The summed E-state index contributed by atoms with van der Waals surface area (Å²) in [6.45, 7) is 0.915. The second-order valence-corrected chi connectivity index (χ2v) is 8.04. The minimum atomic E-state index is -3.12. The van der Waals surface area contributed by atoms with Crippen LogP contribution < -0.4 is 10.6 Å². The lowest BCUT2D eigenvalue weighted by molar-refractivity contribution is 0.117. The number of carbonyl (C=O) groups is 1. The van der Waals surface area contributed by atoms with E-state index in [1.165, 1.54) is 10.6 Å². The van der Waals surface area contributed by atoms with Crippen molar-refractivity contribution in [2.24, 2.45) is 0 Å². The van der Waals surface area contributed by atoms with Gasteiger partial charge in [0.1, 0.15) is 0 Å². The molecule has 1 heterocycles. The van der Waals surface area contributed by atoms with Crippen molar-refractivity contribution in [3.8, 4) is 0 Å². The van der Waals surface area contributed by atoms with Crippen LogP contribution in [0.2, 0.25) is 0 Å². The van der Waals surface area contributed by atoms with E-state index in [-0.39, 0.29) is 24.2 Å². The van der Waals surface area contributed by atoms with Crippen LogP contribution in [0.5, 0.6) is 0 Å². The van der Waals surface area contributed by atoms with Gasteiger partial charge in [0.05, 0.1) is 12.4 Å². The third-order valence-electron chi connectivity index (χ3n) is 4.29. The van der Waals surface area contributed by atoms with Gasteiger partial charge in [-0.15, -0.1) is 0 Å². The van der Waals surface area contributed by atoms with Crippen LogP contribution >= 0.6 is 0 Å². The first-order valence-corrected chi connectivity index (χ1v) is 9.39. The summed E-state index contributed by atoms with van der Waals surface area (Å²) in [5, 5.41) is 15.3. The van der Waals surface area contributed by atoms with Crippen LogP contribution in [0.3, 0.4) is 0 Å². The first-order valence-electron chi connectivity index (χ1n) is 7.55. The van der Waals surface area contributed by atoms with Crippen molar-refractivity contribution in [1.82, 2.24) is 14.9 Å². The summed E-state index contributed by atoms with van der Waals surface area (Å²) in [7, 11) is -3.12. The first kappa shape index (κ1) is 16.5. The molecule has 1 saturated carbocycles. The van der Waals surface area contributed by atoms with Crippen LogP contribution in [0, 0.1) is 0 Å². The van der Waals surface area contributed by atoms with E-state index < -0.39 is 10.0 Å². The number of piperidine rings is 1. The second kappa shape index (κ2) is 6.93. The topological polar surface area (TPSA) is 98.7 Å². The maximum atomic E-state index is 11.9. The molecule has 1 aliphatic carbocycles. The van der Waals surface area contributed by atoms with Crippen molar-refractivity contribution in [3.63, 3.8) is 0 Å². The van der Waals surface area contributed by atoms with E-state index in [1.54, 1.807) is 0 Å². The van der Waals surface area contributed by atoms with Gasteiger partial charge in [0, 0.05) is 25.2 Å². The average molecular weight is 319 g/mol. The molecule has 1 aliphatic heterocycles. The highest BCUT2D eigenvalue weighted by molar-refractivity contribution is 7.88. The molecule has 0 aromatic carbocycles. The van der Waals surface area contributed by atoms with Crippen molar-refractivity contribution in [1.29, 1.82) is 0 Å². The van der Waals surface area contributed by atoms with Crippen molar-refractivity contribution in [2.45, 2.75) is 56.7 Å². The molecule has 1 saturated heterocycles. The Kier molecular flexibility index (Phi) is 5.45. The average Bonchev–Trinajstić information content (AvgIpc) is 2.41. The summed E-state index contributed by atoms with van der Waals surface area (Å²) in [6, 6.07) is -0.0316. The molecule has 3 N–H and O–H groups in total. The van der Waals surface area contributed by atoms with E-state index in [0.29, 0.717) is 25.9 Å². The maximum absolute atomic E-state index is 11.9. The Bertz CT molecular complexity index is 452. The second-order valence-electron chi connectivity index (χ2n) is 6.06. The number of sulfonamides is 1. The van der Waals surface area contributed by atoms with Crippen LogP contribution in [0.1, 0.15) is 38.5 Å². The van der Waals surface area contributed by atoms with Crippen LogP contribution in [-0.4, -0.2) is 61.4 Å². The summed E-state index contributed by atoms with van der Waals surface area (Å²) in [5.74, 6) is 0. The smallest absolute Gasteiger partial charge is 0.315 e. The molecule has 7 nitrogen and oxygen atoms in total. The van der Waals surface area contributed by atoms with E-state index in [0.717, 1.165) is 25.7 Å². The molecule has 2 rings (SSSR count). The van der Waals surface area contributed by atoms with E-state index >= 15 is 0 Å². The zero-order chi connectivity index (χ0) is 15.5. The molecule has 0 bridgehead atoms. The van der Waals surface area contributed by atoms with Gasteiger partial charge >= 0.3 is 6.03 Å². The van der Waals surface area contributed by atoms with Gasteiger partial charge in [0.2, 0.25) is 10.0 Å². The summed E-state index contributed by atoms with van der Waals surface area (Å²) in [5.41, 5.74) is 0. The van der Waals surface area contributed by atoms with Crippen molar-refractivity contribution in [2.75, 3.05) is 19.3 Å². The zero-order valence-corrected chi connectivity index (χ0v) is 13.2. The molecule has 2 fully saturated rings. The normalized spacial score (nSPS) is 29.0. The minimum Gasteiger partial charge on any atom is -0.393 e. The Labute approximate surface area is 126 Å². The van der Waals surface area contributed by atoms with Crippen molar-refractivity contribution < 1.29 is 18.3 Å². The molecule has 0 aromatic rings. The fourth-order valence-electron chi connectivity index (χ4n) is 2.96. The van der Waals surface area contributed by atoms with Gasteiger partial charge in [-0.1, -0.05) is 0 Å². The number of aliphatic hydroxyl groups excluding tert-OH is 1. The van der Waals surface area contributed by atoms with E-state index in [1.807, 2.05) is 0 Å². The Balaban J connectivity index is 1.70. The maximum Gasteiger partial charge on any atom is 0.315 e. The number of amides is 2. The van der Waals surface area contributed by atoms with Gasteiger partial charge in [-0.2, -0.15) is 0 Å². The number of hydrogen-bond donors (Lipinski definition) is 3. The molecular formula is C13H25N3O4S. The molecule has 0 spiro atoms. The van der Waals surface area contributed by atoms with Gasteiger partial charge in [0.25, 0.3) is 0 Å².